The number of hydrogen-bond acceptors (Lipinski definition) is 2. The highest BCUT2D eigenvalue weighted by Crippen LogP contribution is 2.26. The standard InChI is InChI=1S/C20H29N3/c1-15(2)14-17-9-11-18(12-10-17)16(3)20-22-21-19-8-6-4-5-7-13-23(19)20/h9-12,15-16H,4-8,13-14H2,1-3H3. The zero-order valence-corrected chi connectivity index (χ0v) is 14.8. The normalized spacial score (nSPS) is 16.7. The molecule has 0 amide bonds. The topological polar surface area (TPSA) is 30.7 Å². The number of aryl methyl sites for hydroxylation is 1. The van der Waals surface area contributed by atoms with Crippen LogP contribution in [0.4, 0.5) is 0 Å². The van der Waals surface area contributed by atoms with E-state index in [4.69, 9.17) is 0 Å². The van der Waals surface area contributed by atoms with Crippen LogP contribution in [-0.2, 0) is 19.4 Å². The lowest BCUT2D eigenvalue weighted by Crippen LogP contribution is -2.13. The van der Waals surface area contributed by atoms with E-state index in [0.717, 1.165) is 25.2 Å². The van der Waals surface area contributed by atoms with E-state index in [0.29, 0.717) is 11.8 Å². The van der Waals surface area contributed by atoms with Crippen molar-refractivity contribution in [3.05, 3.63) is 47.0 Å². The number of rotatable bonds is 4. The lowest BCUT2D eigenvalue weighted by molar-refractivity contribution is 0.500. The second-order valence-electron chi connectivity index (χ2n) is 7.35. The molecule has 0 saturated carbocycles. The van der Waals surface area contributed by atoms with Crippen LogP contribution < -0.4 is 0 Å². The molecule has 3 nitrogen and oxygen atoms in total. The molecular formula is C20H29N3. The van der Waals surface area contributed by atoms with Gasteiger partial charge in [-0.1, -0.05) is 57.9 Å². The lowest BCUT2D eigenvalue weighted by atomic mass is 9.96. The van der Waals surface area contributed by atoms with Gasteiger partial charge in [-0.15, -0.1) is 10.2 Å². The zero-order chi connectivity index (χ0) is 16.2. The summed E-state index contributed by atoms with van der Waals surface area (Å²) in [6.45, 7) is 7.87. The first kappa shape index (κ1) is 16.2. The van der Waals surface area contributed by atoms with Crippen LogP contribution in [0, 0.1) is 5.92 Å². The SMILES string of the molecule is CC(C)Cc1ccc(C(C)c2nnc3n2CCCCCC3)cc1. The molecule has 2 heterocycles. The predicted octanol–water partition coefficient (Wildman–Crippen LogP) is 4.74. The molecule has 2 aromatic rings. The van der Waals surface area contributed by atoms with E-state index in [2.05, 4.69) is 59.8 Å². The Balaban J connectivity index is 1.81. The first-order valence-electron chi connectivity index (χ1n) is 9.16. The number of benzene rings is 1. The van der Waals surface area contributed by atoms with Crippen molar-refractivity contribution in [2.24, 2.45) is 5.92 Å². The molecule has 0 radical (unpaired) electrons. The molecule has 23 heavy (non-hydrogen) atoms. The maximum Gasteiger partial charge on any atom is 0.140 e. The minimum atomic E-state index is 0.309. The van der Waals surface area contributed by atoms with E-state index in [1.807, 2.05) is 0 Å². The highest BCUT2D eigenvalue weighted by Gasteiger charge is 2.19. The average molecular weight is 311 g/mol. The van der Waals surface area contributed by atoms with Crippen LogP contribution in [0.3, 0.4) is 0 Å². The maximum atomic E-state index is 4.54. The Morgan fingerprint density at radius 1 is 0.957 bits per heavy atom. The van der Waals surface area contributed by atoms with E-state index in [9.17, 15) is 0 Å². The van der Waals surface area contributed by atoms with Crippen LogP contribution in [0.5, 0.6) is 0 Å². The average Bonchev–Trinajstić information content (AvgIpc) is 2.88. The largest absolute Gasteiger partial charge is 0.314 e. The molecule has 0 spiro atoms. The van der Waals surface area contributed by atoms with Crippen LogP contribution in [0.1, 0.15) is 75.1 Å². The highest BCUT2D eigenvalue weighted by molar-refractivity contribution is 5.29. The molecule has 1 aliphatic rings. The van der Waals surface area contributed by atoms with Gasteiger partial charge in [0.05, 0.1) is 0 Å². The van der Waals surface area contributed by atoms with Gasteiger partial charge in [-0.2, -0.15) is 0 Å². The van der Waals surface area contributed by atoms with Crippen LogP contribution in [-0.4, -0.2) is 14.8 Å². The summed E-state index contributed by atoms with van der Waals surface area (Å²) in [6.07, 6.45) is 7.38. The number of hydrogen-bond donors (Lipinski definition) is 0. The summed E-state index contributed by atoms with van der Waals surface area (Å²) in [5.74, 6) is 3.33. The molecule has 3 heteroatoms. The van der Waals surface area contributed by atoms with Gasteiger partial charge in [0.2, 0.25) is 0 Å². The summed E-state index contributed by atoms with van der Waals surface area (Å²) in [4.78, 5) is 0. The molecule has 1 aliphatic heterocycles. The van der Waals surface area contributed by atoms with Crippen LogP contribution in [0.15, 0.2) is 24.3 Å². The van der Waals surface area contributed by atoms with Crippen LogP contribution >= 0.6 is 0 Å². The summed E-state index contributed by atoms with van der Waals surface area (Å²) in [6, 6.07) is 9.09. The van der Waals surface area contributed by atoms with Crippen LogP contribution in [0.25, 0.3) is 0 Å². The van der Waals surface area contributed by atoms with Crippen molar-refractivity contribution in [3.8, 4) is 0 Å². The molecule has 0 aliphatic carbocycles. The van der Waals surface area contributed by atoms with Crippen molar-refractivity contribution in [3.63, 3.8) is 0 Å². The van der Waals surface area contributed by atoms with Crippen LogP contribution in [0.2, 0.25) is 0 Å². The Bertz CT molecular complexity index is 625. The molecule has 0 saturated heterocycles. The Morgan fingerprint density at radius 3 is 2.43 bits per heavy atom. The molecular weight excluding hydrogens is 282 g/mol. The molecule has 1 aromatic carbocycles. The van der Waals surface area contributed by atoms with Crippen molar-refractivity contribution in [1.29, 1.82) is 0 Å². The predicted molar refractivity (Wildman–Crippen MR) is 94.7 cm³/mol. The fourth-order valence-electron chi connectivity index (χ4n) is 3.57. The Morgan fingerprint density at radius 2 is 1.70 bits per heavy atom. The van der Waals surface area contributed by atoms with Crippen molar-refractivity contribution in [2.45, 2.75) is 71.8 Å². The van der Waals surface area contributed by atoms with Gasteiger partial charge in [0, 0.05) is 18.9 Å². The third kappa shape index (κ3) is 3.82. The van der Waals surface area contributed by atoms with E-state index < -0.39 is 0 Å². The van der Waals surface area contributed by atoms with E-state index >= 15 is 0 Å². The highest BCUT2D eigenvalue weighted by atomic mass is 15.3. The molecule has 3 rings (SSSR count). The summed E-state index contributed by atoms with van der Waals surface area (Å²) in [5.41, 5.74) is 2.77. The first-order valence-corrected chi connectivity index (χ1v) is 9.16. The van der Waals surface area contributed by atoms with Gasteiger partial charge in [-0.05, 0) is 36.3 Å². The van der Waals surface area contributed by atoms with Crippen molar-refractivity contribution >= 4 is 0 Å². The fraction of sp³-hybridized carbons (Fsp3) is 0.600. The second-order valence-corrected chi connectivity index (χ2v) is 7.35. The van der Waals surface area contributed by atoms with E-state index in [-0.39, 0.29) is 0 Å². The van der Waals surface area contributed by atoms with Gasteiger partial charge in [-0.3, -0.25) is 0 Å². The van der Waals surface area contributed by atoms with Gasteiger partial charge in [0.25, 0.3) is 0 Å². The number of nitrogens with zero attached hydrogens (tertiary/aromatic N) is 3. The minimum absolute atomic E-state index is 0.309. The zero-order valence-electron chi connectivity index (χ0n) is 14.8. The maximum absolute atomic E-state index is 4.54. The van der Waals surface area contributed by atoms with Gasteiger partial charge in [0.1, 0.15) is 11.6 Å². The molecule has 0 N–H and O–H groups in total. The fourth-order valence-corrected chi connectivity index (χ4v) is 3.57. The molecule has 1 atom stereocenters. The third-order valence-corrected chi connectivity index (χ3v) is 4.90. The van der Waals surface area contributed by atoms with Gasteiger partial charge < -0.3 is 4.57 Å². The third-order valence-electron chi connectivity index (χ3n) is 4.90. The molecule has 0 bridgehead atoms. The van der Waals surface area contributed by atoms with Gasteiger partial charge >= 0.3 is 0 Å². The van der Waals surface area contributed by atoms with Gasteiger partial charge in [0.15, 0.2) is 0 Å². The Hall–Kier alpha value is -1.64. The number of fused-ring (bicyclic) bond motifs is 1. The summed E-state index contributed by atoms with van der Waals surface area (Å²) in [7, 11) is 0. The minimum Gasteiger partial charge on any atom is -0.314 e. The quantitative estimate of drug-likeness (QED) is 0.816. The van der Waals surface area contributed by atoms with Crippen molar-refractivity contribution < 1.29 is 0 Å². The van der Waals surface area contributed by atoms with Gasteiger partial charge in [-0.25, -0.2) is 0 Å². The number of aromatic nitrogens is 3. The Labute approximate surface area is 140 Å². The summed E-state index contributed by atoms with van der Waals surface area (Å²) >= 11 is 0. The summed E-state index contributed by atoms with van der Waals surface area (Å²) in [5, 5.41) is 9.02. The second kappa shape index (κ2) is 7.29. The lowest BCUT2D eigenvalue weighted by Gasteiger charge is -2.17. The molecule has 0 fully saturated rings. The summed E-state index contributed by atoms with van der Waals surface area (Å²) < 4.78 is 2.38. The Kier molecular flexibility index (Phi) is 5.14. The van der Waals surface area contributed by atoms with Crippen molar-refractivity contribution in [2.75, 3.05) is 0 Å². The molecule has 1 aromatic heterocycles. The van der Waals surface area contributed by atoms with Crippen molar-refractivity contribution in [1.82, 2.24) is 14.8 Å². The molecule has 1 unspecified atom stereocenters. The first-order chi connectivity index (χ1) is 11.1. The van der Waals surface area contributed by atoms with E-state index in [1.54, 1.807) is 0 Å². The smallest absolute Gasteiger partial charge is 0.140 e. The monoisotopic (exact) mass is 311 g/mol. The van der Waals surface area contributed by atoms with E-state index in [1.165, 1.54) is 42.6 Å². The molecule has 124 valence electrons.